The first-order valence-electron chi connectivity index (χ1n) is 5.29. The number of nitrogens with zero attached hydrogens (tertiary/aromatic N) is 2. The first-order valence-corrected chi connectivity index (χ1v) is 5.67. The summed E-state index contributed by atoms with van der Waals surface area (Å²) in [4.78, 5) is 23.3. The Morgan fingerprint density at radius 3 is 2.61 bits per heavy atom. The third-order valence-electron chi connectivity index (χ3n) is 2.72. The average molecular weight is 266 g/mol. The number of hydrogen-bond acceptors (Lipinski definition) is 3. The van der Waals surface area contributed by atoms with Gasteiger partial charge in [-0.2, -0.15) is 0 Å². The molecule has 18 heavy (non-hydrogen) atoms. The molecular weight excluding hydrogens is 254 g/mol. The van der Waals surface area contributed by atoms with Crippen LogP contribution in [0.3, 0.4) is 0 Å². The van der Waals surface area contributed by atoms with Gasteiger partial charge in [-0.25, -0.2) is 0 Å². The second-order valence-corrected chi connectivity index (χ2v) is 4.36. The number of anilines is 1. The zero-order valence-electron chi connectivity index (χ0n) is 9.76. The third-order valence-corrected chi connectivity index (χ3v) is 3.07. The van der Waals surface area contributed by atoms with Crippen LogP contribution in [0.4, 0.5) is 5.69 Å². The molecule has 0 atom stereocenters. The summed E-state index contributed by atoms with van der Waals surface area (Å²) in [5, 5.41) is 0.475. The van der Waals surface area contributed by atoms with E-state index in [1.54, 1.807) is 18.2 Å². The number of benzene rings is 1. The molecule has 6 heteroatoms. The van der Waals surface area contributed by atoms with Crippen molar-refractivity contribution >= 4 is 17.3 Å². The Hall–Kier alpha value is -2.01. The number of rotatable bonds is 2. The number of hydrogen-bond donors (Lipinski definition) is 1. The molecule has 5 nitrogen and oxygen atoms in total. The van der Waals surface area contributed by atoms with Crippen LogP contribution in [0.1, 0.15) is 5.56 Å². The summed E-state index contributed by atoms with van der Waals surface area (Å²) in [6.07, 6.45) is 3.06. The zero-order valence-corrected chi connectivity index (χ0v) is 10.5. The SMILES string of the molecule is Cn1ccn(Cc2c(N)cccc2Cl)c(=O)c1=O. The molecule has 0 unspecified atom stereocenters. The van der Waals surface area contributed by atoms with Gasteiger partial charge in [0.05, 0.1) is 6.54 Å². The molecule has 0 saturated carbocycles. The molecule has 0 spiro atoms. The molecule has 1 aromatic carbocycles. The van der Waals surface area contributed by atoms with Crippen LogP contribution >= 0.6 is 11.6 Å². The highest BCUT2D eigenvalue weighted by Crippen LogP contribution is 2.22. The van der Waals surface area contributed by atoms with Crippen molar-refractivity contribution in [3.63, 3.8) is 0 Å². The summed E-state index contributed by atoms with van der Waals surface area (Å²) in [5.41, 5.74) is 5.76. The normalized spacial score (nSPS) is 10.6. The molecule has 0 radical (unpaired) electrons. The van der Waals surface area contributed by atoms with Gasteiger partial charge in [0.25, 0.3) is 0 Å². The van der Waals surface area contributed by atoms with E-state index in [1.807, 2.05) is 0 Å². The third kappa shape index (κ3) is 2.17. The number of nitrogens with two attached hydrogens (primary N) is 1. The molecule has 0 bridgehead atoms. The van der Waals surface area contributed by atoms with Gasteiger partial charge in [0.1, 0.15) is 0 Å². The lowest BCUT2D eigenvalue weighted by Gasteiger charge is -2.10. The van der Waals surface area contributed by atoms with Crippen molar-refractivity contribution in [3.05, 3.63) is 61.9 Å². The van der Waals surface area contributed by atoms with Crippen molar-refractivity contribution in [1.29, 1.82) is 0 Å². The van der Waals surface area contributed by atoms with Gasteiger partial charge in [-0.1, -0.05) is 17.7 Å². The van der Waals surface area contributed by atoms with Crippen molar-refractivity contribution < 1.29 is 0 Å². The van der Waals surface area contributed by atoms with Crippen LogP contribution < -0.4 is 16.9 Å². The van der Waals surface area contributed by atoms with E-state index in [9.17, 15) is 9.59 Å². The minimum absolute atomic E-state index is 0.181. The van der Waals surface area contributed by atoms with Gasteiger partial charge >= 0.3 is 11.1 Å². The maximum Gasteiger partial charge on any atom is 0.316 e. The number of halogens is 1. The Bertz CT molecular complexity index is 683. The van der Waals surface area contributed by atoms with E-state index in [2.05, 4.69) is 0 Å². The molecular formula is C12H12ClN3O2. The highest BCUT2D eigenvalue weighted by Gasteiger charge is 2.08. The van der Waals surface area contributed by atoms with Gasteiger partial charge in [0.15, 0.2) is 0 Å². The van der Waals surface area contributed by atoms with Crippen LogP contribution in [0.15, 0.2) is 40.2 Å². The zero-order chi connectivity index (χ0) is 13.3. The molecule has 1 heterocycles. The van der Waals surface area contributed by atoms with E-state index in [-0.39, 0.29) is 6.54 Å². The monoisotopic (exact) mass is 265 g/mol. The van der Waals surface area contributed by atoms with Gasteiger partial charge in [-0.3, -0.25) is 9.59 Å². The van der Waals surface area contributed by atoms with E-state index >= 15 is 0 Å². The summed E-state index contributed by atoms with van der Waals surface area (Å²) >= 11 is 6.02. The molecule has 0 saturated heterocycles. The smallest absolute Gasteiger partial charge is 0.316 e. The first kappa shape index (κ1) is 12.4. The minimum Gasteiger partial charge on any atom is -0.398 e. The molecule has 2 N–H and O–H groups in total. The Labute approximate surface area is 108 Å². The summed E-state index contributed by atoms with van der Waals surface area (Å²) in [6.45, 7) is 0.181. The van der Waals surface area contributed by atoms with Crippen molar-refractivity contribution in [1.82, 2.24) is 9.13 Å². The van der Waals surface area contributed by atoms with Crippen LogP contribution in [0.2, 0.25) is 5.02 Å². The second-order valence-electron chi connectivity index (χ2n) is 3.95. The van der Waals surface area contributed by atoms with E-state index < -0.39 is 11.1 Å². The Morgan fingerprint density at radius 1 is 1.22 bits per heavy atom. The topological polar surface area (TPSA) is 70.0 Å². The van der Waals surface area contributed by atoms with E-state index in [1.165, 1.54) is 28.6 Å². The Balaban J connectivity index is 2.51. The second kappa shape index (κ2) is 4.70. The fraction of sp³-hybridized carbons (Fsp3) is 0.167. The van der Waals surface area contributed by atoms with E-state index in [0.29, 0.717) is 16.3 Å². The first-order chi connectivity index (χ1) is 8.50. The molecule has 1 aromatic heterocycles. The van der Waals surface area contributed by atoms with Crippen LogP contribution in [-0.2, 0) is 13.6 Å². The van der Waals surface area contributed by atoms with Crippen molar-refractivity contribution in [2.45, 2.75) is 6.54 Å². The maximum absolute atomic E-state index is 11.8. The van der Waals surface area contributed by atoms with Crippen LogP contribution in [0.25, 0.3) is 0 Å². The lowest BCUT2D eigenvalue weighted by atomic mass is 10.2. The summed E-state index contributed by atoms with van der Waals surface area (Å²) < 4.78 is 2.52. The molecule has 0 amide bonds. The number of aromatic nitrogens is 2. The van der Waals surface area contributed by atoms with Crippen LogP contribution in [0, 0.1) is 0 Å². The van der Waals surface area contributed by atoms with Crippen molar-refractivity contribution in [3.8, 4) is 0 Å². The molecule has 0 aliphatic rings. The number of nitrogen functional groups attached to an aromatic ring is 1. The fourth-order valence-corrected chi connectivity index (χ4v) is 1.87. The van der Waals surface area contributed by atoms with Gasteiger partial charge in [0.2, 0.25) is 0 Å². The van der Waals surface area contributed by atoms with E-state index in [0.717, 1.165) is 0 Å². The van der Waals surface area contributed by atoms with Crippen LogP contribution in [0.5, 0.6) is 0 Å². The van der Waals surface area contributed by atoms with Crippen molar-refractivity contribution in [2.75, 3.05) is 5.73 Å². The summed E-state index contributed by atoms with van der Waals surface area (Å²) in [5.74, 6) is 0. The van der Waals surface area contributed by atoms with Gasteiger partial charge in [0, 0.05) is 35.7 Å². The maximum atomic E-state index is 11.8. The average Bonchev–Trinajstić information content (AvgIpc) is 2.34. The van der Waals surface area contributed by atoms with Gasteiger partial charge in [-0.05, 0) is 12.1 Å². The molecule has 0 aliphatic heterocycles. The van der Waals surface area contributed by atoms with Crippen molar-refractivity contribution in [2.24, 2.45) is 7.05 Å². The summed E-state index contributed by atoms with van der Waals surface area (Å²) in [6, 6.07) is 5.13. The predicted molar refractivity (Wildman–Crippen MR) is 70.9 cm³/mol. The van der Waals surface area contributed by atoms with Crippen LogP contribution in [-0.4, -0.2) is 9.13 Å². The molecule has 94 valence electrons. The van der Waals surface area contributed by atoms with Gasteiger partial charge in [-0.15, -0.1) is 0 Å². The Morgan fingerprint density at radius 2 is 1.94 bits per heavy atom. The lowest BCUT2D eigenvalue weighted by Crippen LogP contribution is -2.39. The quantitative estimate of drug-likeness (QED) is 0.646. The standard InChI is InChI=1S/C12H12ClN3O2/c1-15-5-6-16(12(18)11(15)17)7-8-9(13)3-2-4-10(8)14/h2-6H,7,14H2,1H3. The molecule has 0 aliphatic carbocycles. The molecule has 2 aromatic rings. The highest BCUT2D eigenvalue weighted by molar-refractivity contribution is 6.31. The van der Waals surface area contributed by atoms with Gasteiger partial charge < -0.3 is 14.9 Å². The molecule has 2 rings (SSSR count). The predicted octanol–water partition coefficient (Wildman–Crippen LogP) is 0.831. The number of aryl methyl sites for hydroxylation is 1. The molecule has 0 fully saturated rings. The summed E-state index contributed by atoms with van der Waals surface area (Å²) in [7, 11) is 1.53. The Kier molecular flexibility index (Phi) is 3.25. The fourth-order valence-electron chi connectivity index (χ4n) is 1.63. The highest BCUT2D eigenvalue weighted by atomic mass is 35.5. The largest absolute Gasteiger partial charge is 0.398 e. The lowest BCUT2D eigenvalue weighted by molar-refractivity contribution is 0.696. The minimum atomic E-state index is -0.598. The van der Waals surface area contributed by atoms with E-state index in [4.69, 9.17) is 17.3 Å².